The average molecular weight is 266 g/mol. The van der Waals surface area contributed by atoms with Crippen LogP contribution in [0.15, 0.2) is 12.1 Å². The van der Waals surface area contributed by atoms with Gasteiger partial charge in [-0.1, -0.05) is 12.8 Å². The van der Waals surface area contributed by atoms with Gasteiger partial charge in [-0.25, -0.2) is 4.98 Å². The van der Waals surface area contributed by atoms with Gasteiger partial charge in [-0.15, -0.1) is 0 Å². The molecule has 1 aliphatic rings. The highest BCUT2D eigenvalue weighted by molar-refractivity contribution is 5.58. The predicted molar refractivity (Wildman–Crippen MR) is 72.0 cm³/mol. The van der Waals surface area contributed by atoms with Crippen LogP contribution in [0.4, 0.5) is 17.3 Å². The number of nitrogens with two attached hydrogens (primary N) is 1. The van der Waals surface area contributed by atoms with Crippen molar-refractivity contribution in [3.63, 3.8) is 0 Å². The summed E-state index contributed by atoms with van der Waals surface area (Å²) in [5.41, 5.74) is 5.43. The summed E-state index contributed by atoms with van der Waals surface area (Å²) in [5, 5.41) is 20.2. The van der Waals surface area contributed by atoms with Gasteiger partial charge in [-0.05, 0) is 18.9 Å². The van der Waals surface area contributed by atoms with Gasteiger partial charge in [0.2, 0.25) is 5.82 Å². The number of nitrogens with zero attached hydrogens (tertiary/aromatic N) is 3. The third kappa shape index (κ3) is 2.93. The van der Waals surface area contributed by atoms with Crippen molar-refractivity contribution in [3.05, 3.63) is 22.2 Å². The molecule has 0 amide bonds. The highest BCUT2D eigenvalue weighted by Crippen LogP contribution is 2.27. The maximum Gasteiger partial charge on any atom is 0.311 e. The van der Waals surface area contributed by atoms with Crippen LogP contribution in [-0.2, 0) is 0 Å². The molecule has 104 valence electrons. The number of aliphatic hydroxyl groups is 1. The molecular formula is C12H18N4O3. The van der Waals surface area contributed by atoms with Crippen LogP contribution in [0.1, 0.15) is 25.7 Å². The number of aromatic nitrogens is 1. The van der Waals surface area contributed by atoms with Crippen molar-refractivity contribution in [1.29, 1.82) is 0 Å². The summed E-state index contributed by atoms with van der Waals surface area (Å²) in [6, 6.07) is 2.98. The lowest BCUT2D eigenvalue weighted by molar-refractivity contribution is -0.384. The molecule has 1 unspecified atom stereocenters. The predicted octanol–water partition coefficient (Wildman–Crippen LogP) is 1.31. The zero-order valence-corrected chi connectivity index (χ0v) is 10.7. The number of nitro groups is 1. The van der Waals surface area contributed by atoms with Gasteiger partial charge in [0.1, 0.15) is 5.82 Å². The van der Waals surface area contributed by atoms with Crippen LogP contribution >= 0.6 is 0 Å². The molecule has 0 spiro atoms. The lowest BCUT2D eigenvalue weighted by atomic mass is 10.1. The molecule has 3 N–H and O–H groups in total. The van der Waals surface area contributed by atoms with Crippen LogP contribution in [0.25, 0.3) is 0 Å². The van der Waals surface area contributed by atoms with E-state index in [0.29, 0.717) is 5.82 Å². The van der Waals surface area contributed by atoms with E-state index in [-0.39, 0.29) is 24.2 Å². The molecule has 19 heavy (non-hydrogen) atoms. The van der Waals surface area contributed by atoms with Gasteiger partial charge in [0.05, 0.1) is 17.6 Å². The standard InChI is InChI=1S/C12H18N4O3/c13-12-10(16(18)19)5-6-11(14-12)15-7-3-1-2-4-9(15)8-17/h5-6,9,17H,1-4,7-8H2,(H2,13,14). The molecule has 1 fully saturated rings. The molecule has 0 aromatic carbocycles. The smallest absolute Gasteiger partial charge is 0.311 e. The Morgan fingerprint density at radius 2 is 2.26 bits per heavy atom. The minimum Gasteiger partial charge on any atom is -0.394 e. The molecule has 0 radical (unpaired) electrons. The van der Waals surface area contributed by atoms with E-state index >= 15 is 0 Å². The minimum atomic E-state index is -0.544. The highest BCUT2D eigenvalue weighted by Gasteiger charge is 2.23. The minimum absolute atomic E-state index is 0.0101. The molecule has 1 aliphatic heterocycles. The summed E-state index contributed by atoms with van der Waals surface area (Å²) in [6.45, 7) is 0.841. The fraction of sp³-hybridized carbons (Fsp3) is 0.583. The number of hydrogen-bond donors (Lipinski definition) is 2. The monoisotopic (exact) mass is 266 g/mol. The summed E-state index contributed by atoms with van der Waals surface area (Å²) in [5.74, 6) is 0.521. The third-order valence-electron chi connectivity index (χ3n) is 3.47. The Labute approximate surface area is 111 Å². The first-order valence-corrected chi connectivity index (χ1v) is 6.42. The van der Waals surface area contributed by atoms with Crippen LogP contribution in [0.2, 0.25) is 0 Å². The number of hydrogen-bond acceptors (Lipinski definition) is 6. The summed E-state index contributed by atoms with van der Waals surface area (Å²) in [7, 11) is 0. The summed E-state index contributed by atoms with van der Waals surface area (Å²) in [6.07, 6.45) is 4.11. The molecule has 7 nitrogen and oxygen atoms in total. The normalized spacial score (nSPS) is 20.1. The van der Waals surface area contributed by atoms with E-state index in [4.69, 9.17) is 5.73 Å². The number of anilines is 2. The van der Waals surface area contributed by atoms with Gasteiger partial charge >= 0.3 is 5.69 Å². The fourth-order valence-corrected chi connectivity index (χ4v) is 2.44. The molecule has 0 saturated carbocycles. The molecule has 1 atom stereocenters. The number of nitrogen functional groups attached to an aromatic ring is 1. The van der Waals surface area contributed by atoms with Gasteiger partial charge in [0.25, 0.3) is 0 Å². The highest BCUT2D eigenvalue weighted by atomic mass is 16.6. The van der Waals surface area contributed by atoms with E-state index in [9.17, 15) is 15.2 Å². The van der Waals surface area contributed by atoms with E-state index in [1.54, 1.807) is 6.07 Å². The Hall–Kier alpha value is -1.89. The zero-order chi connectivity index (χ0) is 13.8. The second kappa shape index (κ2) is 5.83. The fourth-order valence-electron chi connectivity index (χ4n) is 2.44. The van der Waals surface area contributed by atoms with Crippen molar-refractivity contribution in [1.82, 2.24) is 4.98 Å². The maximum atomic E-state index is 10.7. The largest absolute Gasteiger partial charge is 0.394 e. The van der Waals surface area contributed by atoms with Crippen LogP contribution < -0.4 is 10.6 Å². The maximum absolute atomic E-state index is 10.7. The first-order chi connectivity index (χ1) is 9.13. The van der Waals surface area contributed by atoms with Crippen LogP contribution in [0.3, 0.4) is 0 Å². The Morgan fingerprint density at radius 3 is 2.89 bits per heavy atom. The number of pyridine rings is 1. The van der Waals surface area contributed by atoms with Crippen molar-refractivity contribution >= 4 is 17.3 Å². The first-order valence-electron chi connectivity index (χ1n) is 6.42. The summed E-state index contributed by atoms with van der Waals surface area (Å²) >= 11 is 0. The lowest BCUT2D eigenvalue weighted by Crippen LogP contribution is -2.38. The lowest BCUT2D eigenvalue weighted by Gasteiger charge is -2.29. The van der Waals surface area contributed by atoms with Crippen molar-refractivity contribution < 1.29 is 10.0 Å². The number of rotatable bonds is 3. The number of aliphatic hydroxyl groups excluding tert-OH is 1. The molecule has 2 heterocycles. The first kappa shape index (κ1) is 13.5. The van der Waals surface area contributed by atoms with Crippen LogP contribution in [0, 0.1) is 10.1 Å². The summed E-state index contributed by atoms with van der Waals surface area (Å²) in [4.78, 5) is 16.3. The van der Waals surface area contributed by atoms with E-state index < -0.39 is 4.92 Å². The molecule has 1 aromatic heterocycles. The van der Waals surface area contributed by atoms with E-state index in [2.05, 4.69) is 4.98 Å². The molecule has 0 bridgehead atoms. The molecular weight excluding hydrogens is 248 g/mol. The molecule has 1 aromatic rings. The molecule has 1 saturated heterocycles. The van der Waals surface area contributed by atoms with Crippen molar-refractivity contribution in [2.75, 3.05) is 23.8 Å². The second-order valence-electron chi connectivity index (χ2n) is 4.71. The van der Waals surface area contributed by atoms with Gasteiger partial charge in [0, 0.05) is 12.6 Å². The average Bonchev–Trinajstić information content (AvgIpc) is 2.63. The topological polar surface area (TPSA) is 106 Å². The zero-order valence-electron chi connectivity index (χ0n) is 10.7. The molecule has 7 heteroatoms. The Balaban J connectivity index is 2.28. The second-order valence-corrected chi connectivity index (χ2v) is 4.71. The Morgan fingerprint density at radius 1 is 1.47 bits per heavy atom. The van der Waals surface area contributed by atoms with Crippen LogP contribution in [-0.4, -0.2) is 34.2 Å². The van der Waals surface area contributed by atoms with Crippen LogP contribution in [0.5, 0.6) is 0 Å². The van der Waals surface area contributed by atoms with Gasteiger partial charge in [-0.3, -0.25) is 10.1 Å². The summed E-state index contributed by atoms with van der Waals surface area (Å²) < 4.78 is 0. The van der Waals surface area contributed by atoms with E-state index in [1.165, 1.54) is 6.07 Å². The van der Waals surface area contributed by atoms with Crippen molar-refractivity contribution in [2.45, 2.75) is 31.7 Å². The van der Waals surface area contributed by atoms with Gasteiger partial charge in [0.15, 0.2) is 0 Å². The van der Waals surface area contributed by atoms with Crippen molar-refractivity contribution in [3.8, 4) is 0 Å². The van der Waals surface area contributed by atoms with Gasteiger partial charge in [-0.2, -0.15) is 0 Å². The van der Waals surface area contributed by atoms with E-state index in [0.717, 1.165) is 32.2 Å². The van der Waals surface area contributed by atoms with E-state index in [1.807, 2.05) is 4.90 Å². The molecule has 0 aliphatic carbocycles. The Bertz CT molecular complexity index is 466. The quantitative estimate of drug-likeness (QED) is 0.631. The SMILES string of the molecule is Nc1nc(N2CCCCCC2CO)ccc1[N+](=O)[O-]. The Kier molecular flexibility index (Phi) is 4.16. The third-order valence-corrected chi connectivity index (χ3v) is 3.47. The molecule has 2 rings (SSSR count). The van der Waals surface area contributed by atoms with Crippen molar-refractivity contribution in [2.24, 2.45) is 0 Å². The van der Waals surface area contributed by atoms with Gasteiger partial charge < -0.3 is 15.7 Å².